The van der Waals surface area contributed by atoms with Crippen molar-refractivity contribution >= 4 is 17.5 Å². The Morgan fingerprint density at radius 1 is 1.08 bits per heavy atom. The Balaban J connectivity index is 2.13. The van der Waals surface area contributed by atoms with E-state index in [-0.39, 0.29) is 17.3 Å². The molecular formula is C18H21N3O4. The molecule has 2 amide bonds. The molecule has 0 radical (unpaired) electrons. The minimum absolute atomic E-state index is 0.142. The maximum absolute atomic E-state index is 12.4. The van der Waals surface area contributed by atoms with Crippen molar-refractivity contribution in [2.45, 2.75) is 6.92 Å². The molecule has 132 valence electrons. The molecule has 0 aliphatic rings. The first-order valence-corrected chi connectivity index (χ1v) is 7.75. The average molecular weight is 343 g/mol. The van der Waals surface area contributed by atoms with Crippen molar-refractivity contribution in [3.8, 4) is 5.75 Å². The minimum atomic E-state index is -0.421. The summed E-state index contributed by atoms with van der Waals surface area (Å²) in [6, 6.07) is 10.2. The van der Waals surface area contributed by atoms with Crippen LogP contribution in [0.5, 0.6) is 5.75 Å². The molecule has 1 aromatic carbocycles. The second kappa shape index (κ2) is 8.79. The van der Waals surface area contributed by atoms with Crippen molar-refractivity contribution in [1.82, 2.24) is 10.3 Å². The number of pyridine rings is 1. The van der Waals surface area contributed by atoms with E-state index in [9.17, 15) is 9.59 Å². The molecule has 0 spiro atoms. The molecule has 0 aliphatic heterocycles. The predicted molar refractivity (Wildman–Crippen MR) is 94.1 cm³/mol. The van der Waals surface area contributed by atoms with Crippen LogP contribution in [0.15, 0.2) is 36.4 Å². The average Bonchev–Trinajstić information content (AvgIpc) is 2.62. The number of aromatic nitrogens is 1. The van der Waals surface area contributed by atoms with E-state index in [0.717, 1.165) is 5.56 Å². The molecule has 2 rings (SSSR count). The fraction of sp³-hybridized carbons (Fsp3) is 0.278. The van der Waals surface area contributed by atoms with E-state index in [2.05, 4.69) is 15.6 Å². The van der Waals surface area contributed by atoms with Gasteiger partial charge in [-0.3, -0.25) is 9.59 Å². The van der Waals surface area contributed by atoms with Crippen LogP contribution in [0.3, 0.4) is 0 Å². The monoisotopic (exact) mass is 343 g/mol. The van der Waals surface area contributed by atoms with Gasteiger partial charge < -0.3 is 20.1 Å². The second-order valence-electron chi connectivity index (χ2n) is 5.31. The summed E-state index contributed by atoms with van der Waals surface area (Å²) in [5, 5.41) is 5.42. The van der Waals surface area contributed by atoms with Gasteiger partial charge in [0.1, 0.15) is 17.1 Å². The Kier molecular flexibility index (Phi) is 6.47. The molecule has 1 aromatic heterocycles. The third kappa shape index (κ3) is 5.02. The van der Waals surface area contributed by atoms with Gasteiger partial charge in [-0.1, -0.05) is 12.1 Å². The van der Waals surface area contributed by atoms with Gasteiger partial charge in [0.2, 0.25) is 0 Å². The van der Waals surface area contributed by atoms with Crippen LogP contribution in [-0.2, 0) is 4.74 Å². The Morgan fingerprint density at radius 2 is 1.80 bits per heavy atom. The summed E-state index contributed by atoms with van der Waals surface area (Å²) >= 11 is 0. The van der Waals surface area contributed by atoms with Crippen molar-refractivity contribution in [3.05, 3.63) is 53.3 Å². The largest absolute Gasteiger partial charge is 0.495 e. The lowest BCUT2D eigenvalue weighted by atomic mass is 10.2. The van der Waals surface area contributed by atoms with E-state index >= 15 is 0 Å². The Hall–Kier alpha value is -2.93. The van der Waals surface area contributed by atoms with Gasteiger partial charge >= 0.3 is 0 Å². The molecule has 0 fully saturated rings. The first kappa shape index (κ1) is 18.4. The highest BCUT2D eigenvalue weighted by atomic mass is 16.5. The second-order valence-corrected chi connectivity index (χ2v) is 5.31. The van der Waals surface area contributed by atoms with Gasteiger partial charge in [0.05, 0.1) is 19.4 Å². The number of nitrogens with zero attached hydrogens (tertiary/aromatic N) is 1. The van der Waals surface area contributed by atoms with E-state index in [1.165, 1.54) is 7.11 Å². The van der Waals surface area contributed by atoms with Crippen LogP contribution in [0.2, 0.25) is 0 Å². The summed E-state index contributed by atoms with van der Waals surface area (Å²) in [5.41, 5.74) is 1.84. The molecule has 0 aliphatic carbocycles. The van der Waals surface area contributed by atoms with Crippen LogP contribution < -0.4 is 15.4 Å². The number of ether oxygens (including phenoxy) is 2. The summed E-state index contributed by atoms with van der Waals surface area (Å²) in [5.74, 6) is -0.234. The lowest BCUT2D eigenvalue weighted by Crippen LogP contribution is -2.28. The molecule has 0 atom stereocenters. The molecular weight excluding hydrogens is 322 g/mol. The Morgan fingerprint density at radius 3 is 2.48 bits per heavy atom. The zero-order chi connectivity index (χ0) is 18.2. The van der Waals surface area contributed by atoms with Gasteiger partial charge in [0.25, 0.3) is 11.8 Å². The molecule has 2 N–H and O–H groups in total. The Bertz CT molecular complexity index is 762. The van der Waals surface area contributed by atoms with Crippen LogP contribution in [-0.4, -0.2) is 44.2 Å². The normalized spacial score (nSPS) is 10.2. The highest BCUT2D eigenvalue weighted by molar-refractivity contribution is 6.04. The van der Waals surface area contributed by atoms with E-state index < -0.39 is 5.91 Å². The number of rotatable bonds is 7. The number of hydrogen-bond donors (Lipinski definition) is 2. The van der Waals surface area contributed by atoms with Crippen molar-refractivity contribution < 1.29 is 19.1 Å². The van der Waals surface area contributed by atoms with Crippen LogP contribution >= 0.6 is 0 Å². The summed E-state index contributed by atoms with van der Waals surface area (Å²) in [6.45, 7) is 2.69. The smallest absolute Gasteiger partial charge is 0.274 e. The SMILES string of the molecule is COCCNC(=O)c1cccc(C(=O)Nc2cc(C)ccc2OC)n1. The quantitative estimate of drug-likeness (QED) is 0.751. The fourth-order valence-electron chi connectivity index (χ4n) is 2.15. The van der Waals surface area contributed by atoms with Crippen LogP contribution in [0.4, 0.5) is 5.69 Å². The number of methoxy groups -OCH3 is 2. The fourth-order valence-corrected chi connectivity index (χ4v) is 2.15. The minimum Gasteiger partial charge on any atom is -0.495 e. The van der Waals surface area contributed by atoms with E-state index in [1.54, 1.807) is 37.4 Å². The Labute approximate surface area is 146 Å². The lowest BCUT2D eigenvalue weighted by Gasteiger charge is -2.11. The number of aryl methyl sites for hydroxylation is 1. The van der Waals surface area contributed by atoms with Gasteiger partial charge in [-0.05, 0) is 36.8 Å². The number of benzene rings is 1. The summed E-state index contributed by atoms with van der Waals surface area (Å²) in [6.07, 6.45) is 0. The molecule has 0 saturated heterocycles. The topological polar surface area (TPSA) is 89.5 Å². The molecule has 0 bridgehead atoms. The summed E-state index contributed by atoms with van der Waals surface area (Å²) in [7, 11) is 3.08. The van der Waals surface area contributed by atoms with Gasteiger partial charge in [-0.2, -0.15) is 0 Å². The van der Waals surface area contributed by atoms with Crippen molar-refractivity contribution in [1.29, 1.82) is 0 Å². The molecule has 0 unspecified atom stereocenters. The molecule has 2 aromatic rings. The first-order valence-electron chi connectivity index (χ1n) is 7.75. The molecule has 1 heterocycles. The van der Waals surface area contributed by atoms with Crippen LogP contribution in [0.1, 0.15) is 26.5 Å². The van der Waals surface area contributed by atoms with Crippen molar-refractivity contribution in [2.75, 3.05) is 32.7 Å². The summed E-state index contributed by atoms with van der Waals surface area (Å²) < 4.78 is 10.1. The highest BCUT2D eigenvalue weighted by Crippen LogP contribution is 2.25. The van der Waals surface area contributed by atoms with E-state index in [1.807, 2.05) is 13.0 Å². The van der Waals surface area contributed by atoms with E-state index in [4.69, 9.17) is 9.47 Å². The third-order valence-corrected chi connectivity index (χ3v) is 3.41. The van der Waals surface area contributed by atoms with Crippen molar-refractivity contribution in [2.24, 2.45) is 0 Å². The first-order chi connectivity index (χ1) is 12.0. The number of carbonyl (C=O) groups excluding carboxylic acids is 2. The number of nitrogens with one attached hydrogen (secondary N) is 2. The maximum atomic E-state index is 12.4. The van der Waals surface area contributed by atoms with E-state index in [0.29, 0.717) is 24.6 Å². The van der Waals surface area contributed by atoms with Crippen molar-refractivity contribution in [3.63, 3.8) is 0 Å². The van der Waals surface area contributed by atoms with Gasteiger partial charge in [-0.15, -0.1) is 0 Å². The van der Waals surface area contributed by atoms with Gasteiger partial charge in [0, 0.05) is 13.7 Å². The summed E-state index contributed by atoms with van der Waals surface area (Å²) in [4.78, 5) is 28.6. The zero-order valence-corrected chi connectivity index (χ0v) is 14.5. The number of carbonyl (C=O) groups is 2. The van der Waals surface area contributed by atoms with Crippen LogP contribution in [0, 0.1) is 6.92 Å². The molecule has 0 saturated carbocycles. The standard InChI is InChI=1S/C18H21N3O4/c1-12-7-8-16(25-3)15(11-12)21-18(23)14-6-4-5-13(20-14)17(22)19-9-10-24-2/h4-8,11H,9-10H2,1-3H3,(H,19,22)(H,21,23). The maximum Gasteiger partial charge on any atom is 0.274 e. The number of anilines is 1. The number of amides is 2. The molecule has 7 nitrogen and oxygen atoms in total. The predicted octanol–water partition coefficient (Wildman–Crippen LogP) is 2.03. The third-order valence-electron chi connectivity index (χ3n) is 3.41. The van der Waals surface area contributed by atoms with Crippen LogP contribution in [0.25, 0.3) is 0 Å². The van der Waals surface area contributed by atoms with Gasteiger partial charge in [0.15, 0.2) is 0 Å². The lowest BCUT2D eigenvalue weighted by molar-refractivity contribution is 0.0932. The number of hydrogen-bond acceptors (Lipinski definition) is 5. The molecule has 7 heteroatoms. The van der Waals surface area contributed by atoms with Gasteiger partial charge in [-0.25, -0.2) is 4.98 Å². The zero-order valence-electron chi connectivity index (χ0n) is 14.5. The highest BCUT2D eigenvalue weighted by Gasteiger charge is 2.14. The molecule has 25 heavy (non-hydrogen) atoms.